The van der Waals surface area contributed by atoms with Gasteiger partial charge in [-0.25, -0.2) is 9.37 Å². The summed E-state index contributed by atoms with van der Waals surface area (Å²) in [6, 6.07) is 3.16. The minimum atomic E-state index is -0.808. The van der Waals surface area contributed by atoms with Crippen molar-refractivity contribution in [2.45, 2.75) is 19.4 Å². The van der Waals surface area contributed by atoms with Crippen LogP contribution >= 0.6 is 27.5 Å². The fraction of sp³-hybridized carbons (Fsp3) is 0.462. The lowest BCUT2D eigenvalue weighted by atomic mass is 10.3. The Balaban J connectivity index is 2.39. The Morgan fingerprint density at radius 1 is 1.50 bits per heavy atom. The minimum absolute atomic E-state index is 0.325. The number of rotatable bonds is 6. The highest BCUT2D eigenvalue weighted by Gasteiger charge is 2.13. The fourth-order valence-electron chi connectivity index (χ4n) is 2.12. The smallest absolute Gasteiger partial charge is 0.139 e. The predicted molar refractivity (Wildman–Crippen MR) is 85.4 cm³/mol. The van der Waals surface area contributed by atoms with Gasteiger partial charge >= 0.3 is 0 Å². The van der Waals surface area contributed by atoms with Crippen LogP contribution in [0.3, 0.4) is 0 Å². The molecule has 2 aromatic rings. The molecule has 0 saturated heterocycles. The fourth-order valence-corrected chi connectivity index (χ4v) is 3.16. The zero-order valence-corrected chi connectivity index (χ0v) is 14.2. The van der Waals surface area contributed by atoms with Crippen LogP contribution in [0.1, 0.15) is 12.2 Å². The Kier molecular flexibility index (Phi) is 5.57. The third kappa shape index (κ3) is 3.59. The summed E-state index contributed by atoms with van der Waals surface area (Å²) in [6.45, 7) is 0.709. The van der Waals surface area contributed by atoms with Crippen LogP contribution in [0.25, 0.3) is 11.0 Å². The molecule has 0 bridgehead atoms. The number of imidazole rings is 1. The number of hydrogen-bond donors (Lipinski definition) is 0. The maximum absolute atomic E-state index is 13.6. The summed E-state index contributed by atoms with van der Waals surface area (Å²) >= 11 is 9.00. The molecule has 0 N–H and O–H groups in total. The van der Waals surface area contributed by atoms with E-state index in [2.05, 4.69) is 20.9 Å². The van der Waals surface area contributed by atoms with Gasteiger partial charge in [-0.05, 0) is 28.4 Å². The van der Waals surface area contributed by atoms with Gasteiger partial charge in [0.15, 0.2) is 0 Å². The first-order valence-electron chi connectivity index (χ1n) is 6.23. The second-order valence-electron chi connectivity index (χ2n) is 4.50. The summed E-state index contributed by atoms with van der Waals surface area (Å²) in [5.41, 5.74) is 1.50. The summed E-state index contributed by atoms with van der Waals surface area (Å²) in [6.07, 6.45) is 3.11. The van der Waals surface area contributed by atoms with Crippen molar-refractivity contribution in [2.75, 3.05) is 17.9 Å². The number of halogens is 3. The van der Waals surface area contributed by atoms with Crippen molar-refractivity contribution in [3.05, 3.63) is 28.2 Å². The lowest BCUT2D eigenvalue weighted by molar-refractivity contribution is 0.622. The molecule has 0 fully saturated rings. The largest absolute Gasteiger partial charge is 0.328 e. The molecule has 3 nitrogen and oxygen atoms in total. The second-order valence-corrected chi connectivity index (χ2v) is 7.29. The molecule has 0 saturated carbocycles. The summed E-state index contributed by atoms with van der Waals surface area (Å²) in [4.78, 5) is 4.44. The van der Waals surface area contributed by atoms with Crippen molar-refractivity contribution in [1.29, 1.82) is 0 Å². The highest BCUT2D eigenvalue weighted by atomic mass is 79.9. The number of alkyl halides is 1. The zero-order chi connectivity index (χ0) is 14.7. The Bertz CT molecular complexity index is 647. The van der Waals surface area contributed by atoms with Gasteiger partial charge in [0.2, 0.25) is 0 Å². The maximum Gasteiger partial charge on any atom is 0.139 e. The third-order valence-electron chi connectivity index (χ3n) is 3.00. The molecule has 1 aromatic carbocycles. The average molecular weight is 382 g/mol. The second kappa shape index (κ2) is 7.00. The third-order valence-corrected chi connectivity index (χ3v) is 4.66. The van der Waals surface area contributed by atoms with E-state index in [9.17, 15) is 8.60 Å². The standard InChI is InChI=1S/C13H15BrClFN2OS/c1-20(19)6-2-5-18-12-7-9(14)10(16)8-11(12)17-13(18)3-4-15/h7-8H,2-6H2,1H3. The van der Waals surface area contributed by atoms with Crippen LogP contribution < -0.4 is 0 Å². The molecule has 0 radical (unpaired) electrons. The maximum atomic E-state index is 13.6. The SMILES string of the molecule is CS(=O)CCCn1c(CCCl)nc2cc(F)c(Br)cc21. The molecule has 1 aromatic heterocycles. The highest BCUT2D eigenvalue weighted by Crippen LogP contribution is 2.25. The molecular weight excluding hydrogens is 367 g/mol. The van der Waals surface area contributed by atoms with Crippen molar-refractivity contribution in [3.8, 4) is 0 Å². The van der Waals surface area contributed by atoms with E-state index in [0.29, 0.717) is 34.6 Å². The molecule has 2 rings (SSSR count). The number of aromatic nitrogens is 2. The molecule has 0 spiro atoms. The van der Waals surface area contributed by atoms with E-state index in [-0.39, 0.29) is 5.82 Å². The molecule has 0 aliphatic heterocycles. The number of benzene rings is 1. The molecule has 0 amide bonds. The number of aryl methyl sites for hydroxylation is 2. The Labute approximate surface area is 133 Å². The molecule has 1 heterocycles. The minimum Gasteiger partial charge on any atom is -0.328 e. The van der Waals surface area contributed by atoms with E-state index < -0.39 is 10.8 Å². The zero-order valence-electron chi connectivity index (χ0n) is 11.0. The molecule has 20 heavy (non-hydrogen) atoms. The van der Waals surface area contributed by atoms with E-state index in [4.69, 9.17) is 11.6 Å². The van der Waals surface area contributed by atoms with Gasteiger partial charge in [0.05, 0.1) is 15.5 Å². The van der Waals surface area contributed by atoms with Gasteiger partial charge in [-0.1, -0.05) is 0 Å². The molecular formula is C13H15BrClFN2OS. The Hall–Kier alpha value is -0.460. The number of nitrogens with zero attached hydrogens (tertiary/aromatic N) is 2. The van der Waals surface area contributed by atoms with Crippen molar-refractivity contribution < 1.29 is 8.60 Å². The van der Waals surface area contributed by atoms with Crippen LogP contribution in [0.5, 0.6) is 0 Å². The molecule has 1 unspecified atom stereocenters. The van der Waals surface area contributed by atoms with E-state index in [1.165, 1.54) is 6.07 Å². The topological polar surface area (TPSA) is 34.9 Å². The van der Waals surface area contributed by atoms with E-state index in [1.807, 2.05) is 4.57 Å². The van der Waals surface area contributed by atoms with Crippen molar-refractivity contribution in [1.82, 2.24) is 9.55 Å². The summed E-state index contributed by atoms with van der Waals surface area (Å²) in [7, 11) is -0.808. The van der Waals surface area contributed by atoms with Crippen molar-refractivity contribution in [3.63, 3.8) is 0 Å². The summed E-state index contributed by atoms with van der Waals surface area (Å²) in [5, 5.41) is 0. The Morgan fingerprint density at radius 2 is 2.25 bits per heavy atom. The number of hydrogen-bond acceptors (Lipinski definition) is 2. The van der Waals surface area contributed by atoms with E-state index >= 15 is 0 Å². The van der Waals surface area contributed by atoms with E-state index in [0.717, 1.165) is 17.8 Å². The Morgan fingerprint density at radius 3 is 2.90 bits per heavy atom. The molecule has 1 atom stereocenters. The monoisotopic (exact) mass is 380 g/mol. The molecule has 110 valence electrons. The quantitative estimate of drug-likeness (QED) is 0.718. The van der Waals surface area contributed by atoms with Crippen LogP contribution in [-0.2, 0) is 23.8 Å². The molecule has 7 heteroatoms. The highest BCUT2D eigenvalue weighted by molar-refractivity contribution is 9.10. The molecule has 0 aliphatic carbocycles. The number of fused-ring (bicyclic) bond motifs is 1. The first kappa shape index (κ1) is 15.9. The summed E-state index contributed by atoms with van der Waals surface area (Å²) in [5.74, 6) is 1.62. The lowest BCUT2D eigenvalue weighted by Crippen LogP contribution is -2.07. The molecule has 0 aliphatic rings. The van der Waals surface area contributed by atoms with Crippen molar-refractivity contribution in [2.24, 2.45) is 0 Å². The van der Waals surface area contributed by atoms with Crippen LogP contribution in [0, 0.1) is 5.82 Å². The van der Waals surface area contributed by atoms with Gasteiger partial charge in [0.1, 0.15) is 11.6 Å². The van der Waals surface area contributed by atoms with Gasteiger partial charge in [-0.15, -0.1) is 11.6 Å². The van der Waals surface area contributed by atoms with Gasteiger partial charge in [0.25, 0.3) is 0 Å². The average Bonchev–Trinajstić information content (AvgIpc) is 2.68. The van der Waals surface area contributed by atoms with Gasteiger partial charge in [0, 0.05) is 47.7 Å². The van der Waals surface area contributed by atoms with Crippen LogP contribution in [-0.4, -0.2) is 31.6 Å². The van der Waals surface area contributed by atoms with Crippen LogP contribution in [0.15, 0.2) is 16.6 Å². The lowest BCUT2D eigenvalue weighted by Gasteiger charge is -2.08. The predicted octanol–water partition coefficient (Wildman–Crippen LogP) is 3.49. The van der Waals surface area contributed by atoms with Gasteiger partial charge < -0.3 is 4.57 Å². The van der Waals surface area contributed by atoms with Crippen LogP contribution in [0.4, 0.5) is 4.39 Å². The van der Waals surface area contributed by atoms with Gasteiger partial charge in [-0.3, -0.25) is 4.21 Å². The normalized spacial score (nSPS) is 13.0. The summed E-state index contributed by atoms with van der Waals surface area (Å²) < 4.78 is 27.2. The first-order chi connectivity index (χ1) is 9.52. The van der Waals surface area contributed by atoms with Crippen molar-refractivity contribution >= 4 is 49.4 Å². The van der Waals surface area contributed by atoms with E-state index in [1.54, 1.807) is 12.3 Å². The van der Waals surface area contributed by atoms with Gasteiger partial charge in [-0.2, -0.15) is 0 Å². The van der Waals surface area contributed by atoms with Crippen LogP contribution in [0.2, 0.25) is 0 Å². The first-order valence-corrected chi connectivity index (χ1v) is 9.28.